The summed E-state index contributed by atoms with van der Waals surface area (Å²) in [6, 6.07) is 11.6. The summed E-state index contributed by atoms with van der Waals surface area (Å²) in [5.74, 6) is -0.0522. The molecule has 0 aliphatic rings. The Labute approximate surface area is 152 Å². The summed E-state index contributed by atoms with van der Waals surface area (Å²) in [6.45, 7) is 4.41. The SMILES string of the molecule is CCc1ccc2nc(C)cc(C(=O)N(C)Cc3cccnc3Cl)c2c1. The van der Waals surface area contributed by atoms with E-state index in [-0.39, 0.29) is 5.91 Å². The van der Waals surface area contributed by atoms with Crippen LogP contribution in [-0.4, -0.2) is 27.8 Å². The van der Waals surface area contributed by atoms with Gasteiger partial charge in [-0.05, 0) is 43.2 Å². The molecule has 2 aromatic heterocycles. The molecule has 128 valence electrons. The largest absolute Gasteiger partial charge is 0.337 e. The number of aryl methyl sites for hydroxylation is 2. The molecule has 25 heavy (non-hydrogen) atoms. The van der Waals surface area contributed by atoms with Crippen LogP contribution in [0.1, 0.15) is 34.1 Å². The van der Waals surface area contributed by atoms with Gasteiger partial charge in [0.15, 0.2) is 0 Å². The molecule has 0 spiro atoms. The van der Waals surface area contributed by atoms with Crippen LogP contribution in [0.15, 0.2) is 42.6 Å². The molecule has 0 atom stereocenters. The minimum Gasteiger partial charge on any atom is -0.337 e. The van der Waals surface area contributed by atoms with Crippen molar-refractivity contribution < 1.29 is 4.79 Å². The molecule has 0 saturated heterocycles. The zero-order valence-electron chi connectivity index (χ0n) is 14.6. The third kappa shape index (κ3) is 3.64. The van der Waals surface area contributed by atoms with Crippen LogP contribution in [0.2, 0.25) is 5.15 Å². The van der Waals surface area contributed by atoms with E-state index in [9.17, 15) is 4.79 Å². The Morgan fingerprint density at radius 1 is 1.24 bits per heavy atom. The number of carbonyl (C=O) groups excluding carboxylic acids is 1. The van der Waals surface area contributed by atoms with E-state index in [0.29, 0.717) is 17.3 Å². The monoisotopic (exact) mass is 353 g/mol. The van der Waals surface area contributed by atoms with Crippen molar-refractivity contribution >= 4 is 28.4 Å². The van der Waals surface area contributed by atoms with Gasteiger partial charge in [0.05, 0.1) is 11.1 Å². The summed E-state index contributed by atoms with van der Waals surface area (Å²) >= 11 is 6.12. The fourth-order valence-corrected chi connectivity index (χ4v) is 3.05. The third-order valence-corrected chi connectivity index (χ3v) is 4.57. The molecule has 0 aliphatic carbocycles. The Hall–Kier alpha value is -2.46. The van der Waals surface area contributed by atoms with Crippen molar-refractivity contribution in [1.29, 1.82) is 0 Å². The molecule has 0 unspecified atom stereocenters. The minimum atomic E-state index is -0.0522. The molecule has 0 fully saturated rings. The van der Waals surface area contributed by atoms with Gasteiger partial charge in [-0.15, -0.1) is 0 Å². The van der Waals surface area contributed by atoms with Crippen LogP contribution in [0, 0.1) is 6.92 Å². The topological polar surface area (TPSA) is 46.1 Å². The number of halogens is 1. The van der Waals surface area contributed by atoms with Crippen molar-refractivity contribution in [2.45, 2.75) is 26.8 Å². The standard InChI is InChI=1S/C20H20ClN3O/c1-4-14-7-8-18-16(11-14)17(10-13(2)23-18)20(25)24(3)12-15-6-5-9-22-19(15)21/h5-11H,4,12H2,1-3H3. The van der Waals surface area contributed by atoms with E-state index in [1.54, 1.807) is 18.1 Å². The van der Waals surface area contributed by atoms with Crippen LogP contribution in [0.5, 0.6) is 0 Å². The molecule has 2 heterocycles. The van der Waals surface area contributed by atoms with E-state index in [0.717, 1.165) is 28.6 Å². The Balaban J connectivity index is 1.99. The average Bonchev–Trinajstić information content (AvgIpc) is 2.61. The lowest BCUT2D eigenvalue weighted by Gasteiger charge is -2.19. The molecule has 1 amide bonds. The fourth-order valence-electron chi connectivity index (χ4n) is 2.87. The lowest BCUT2D eigenvalue weighted by Crippen LogP contribution is -2.26. The van der Waals surface area contributed by atoms with E-state index in [4.69, 9.17) is 11.6 Å². The molecule has 0 saturated carbocycles. The average molecular weight is 354 g/mol. The van der Waals surface area contributed by atoms with Gasteiger partial charge in [-0.2, -0.15) is 0 Å². The summed E-state index contributed by atoms with van der Waals surface area (Å²) in [4.78, 5) is 23.3. The van der Waals surface area contributed by atoms with Crippen molar-refractivity contribution in [2.75, 3.05) is 7.05 Å². The molecule has 0 aliphatic heterocycles. The van der Waals surface area contributed by atoms with Gasteiger partial charge in [0.1, 0.15) is 5.15 Å². The van der Waals surface area contributed by atoms with Gasteiger partial charge >= 0.3 is 0 Å². The Bertz CT molecular complexity index is 939. The Kier molecular flexibility index (Phi) is 5.00. The maximum atomic E-state index is 13.1. The van der Waals surface area contributed by atoms with Gasteiger partial charge in [0.25, 0.3) is 5.91 Å². The summed E-state index contributed by atoms with van der Waals surface area (Å²) in [5, 5.41) is 1.31. The van der Waals surface area contributed by atoms with Crippen molar-refractivity contribution in [2.24, 2.45) is 0 Å². The second-order valence-corrected chi connectivity index (χ2v) is 6.49. The molecule has 4 nitrogen and oxygen atoms in total. The van der Waals surface area contributed by atoms with Crippen LogP contribution in [0.3, 0.4) is 0 Å². The van der Waals surface area contributed by atoms with Crippen LogP contribution < -0.4 is 0 Å². The van der Waals surface area contributed by atoms with Crippen molar-refractivity contribution in [3.05, 3.63) is 70.1 Å². The lowest BCUT2D eigenvalue weighted by molar-refractivity contribution is 0.0787. The molecule has 0 radical (unpaired) electrons. The molecule has 0 bridgehead atoms. The number of pyridine rings is 2. The first-order valence-electron chi connectivity index (χ1n) is 8.24. The van der Waals surface area contributed by atoms with Gasteiger partial charge in [0, 0.05) is 36.4 Å². The molecule has 3 aromatic rings. The molecular weight excluding hydrogens is 334 g/mol. The summed E-state index contributed by atoms with van der Waals surface area (Å²) in [6.07, 6.45) is 2.55. The van der Waals surface area contributed by atoms with Gasteiger partial charge in [-0.25, -0.2) is 4.98 Å². The minimum absolute atomic E-state index is 0.0522. The summed E-state index contributed by atoms with van der Waals surface area (Å²) < 4.78 is 0. The van der Waals surface area contributed by atoms with Gasteiger partial charge in [-0.1, -0.05) is 30.7 Å². The molecule has 3 rings (SSSR count). The molecular formula is C20H20ClN3O. The van der Waals surface area contributed by atoms with Crippen molar-refractivity contribution in [1.82, 2.24) is 14.9 Å². The number of rotatable bonds is 4. The number of nitrogens with zero attached hydrogens (tertiary/aromatic N) is 3. The second-order valence-electron chi connectivity index (χ2n) is 6.13. The zero-order chi connectivity index (χ0) is 18.0. The van der Waals surface area contributed by atoms with Crippen LogP contribution in [0.4, 0.5) is 0 Å². The van der Waals surface area contributed by atoms with E-state index in [2.05, 4.69) is 29.0 Å². The van der Waals surface area contributed by atoms with Crippen LogP contribution in [0.25, 0.3) is 10.9 Å². The number of aromatic nitrogens is 2. The van der Waals surface area contributed by atoms with Gasteiger partial charge < -0.3 is 4.90 Å². The van der Waals surface area contributed by atoms with E-state index >= 15 is 0 Å². The van der Waals surface area contributed by atoms with E-state index < -0.39 is 0 Å². The first kappa shape index (κ1) is 17.4. The highest BCUT2D eigenvalue weighted by atomic mass is 35.5. The number of amides is 1. The van der Waals surface area contributed by atoms with Gasteiger partial charge in [0.2, 0.25) is 0 Å². The number of hydrogen-bond acceptors (Lipinski definition) is 3. The summed E-state index contributed by atoms with van der Waals surface area (Å²) in [7, 11) is 1.77. The highest BCUT2D eigenvalue weighted by Crippen LogP contribution is 2.23. The lowest BCUT2D eigenvalue weighted by atomic mass is 10.0. The quantitative estimate of drug-likeness (QED) is 0.652. The smallest absolute Gasteiger partial charge is 0.254 e. The Morgan fingerprint density at radius 3 is 2.76 bits per heavy atom. The number of benzene rings is 1. The number of carbonyl (C=O) groups is 1. The normalized spacial score (nSPS) is 10.9. The first-order chi connectivity index (χ1) is 12.0. The predicted octanol–water partition coefficient (Wildman–Crippen LogP) is 4.43. The van der Waals surface area contributed by atoms with E-state index in [1.165, 1.54) is 5.56 Å². The first-order valence-corrected chi connectivity index (χ1v) is 8.62. The maximum Gasteiger partial charge on any atom is 0.254 e. The number of hydrogen-bond donors (Lipinski definition) is 0. The highest BCUT2D eigenvalue weighted by molar-refractivity contribution is 6.30. The predicted molar refractivity (Wildman–Crippen MR) is 101 cm³/mol. The van der Waals surface area contributed by atoms with Crippen LogP contribution >= 0.6 is 11.6 Å². The van der Waals surface area contributed by atoms with Crippen molar-refractivity contribution in [3.63, 3.8) is 0 Å². The van der Waals surface area contributed by atoms with Gasteiger partial charge in [-0.3, -0.25) is 9.78 Å². The summed E-state index contributed by atoms with van der Waals surface area (Å²) in [5.41, 5.74) is 4.34. The zero-order valence-corrected chi connectivity index (χ0v) is 15.3. The van der Waals surface area contributed by atoms with Crippen LogP contribution in [-0.2, 0) is 13.0 Å². The maximum absolute atomic E-state index is 13.1. The highest BCUT2D eigenvalue weighted by Gasteiger charge is 2.17. The van der Waals surface area contributed by atoms with E-state index in [1.807, 2.05) is 31.2 Å². The molecule has 0 N–H and O–H groups in total. The number of fused-ring (bicyclic) bond motifs is 1. The molecule has 5 heteroatoms. The fraction of sp³-hybridized carbons (Fsp3) is 0.250. The Morgan fingerprint density at radius 2 is 2.04 bits per heavy atom. The van der Waals surface area contributed by atoms with Crippen molar-refractivity contribution in [3.8, 4) is 0 Å². The second kappa shape index (κ2) is 7.19. The molecule has 1 aromatic carbocycles. The third-order valence-electron chi connectivity index (χ3n) is 4.23.